The predicted molar refractivity (Wildman–Crippen MR) is 69.5 cm³/mol. The molecule has 5 nitrogen and oxygen atoms in total. The van der Waals surface area contributed by atoms with E-state index in [1.807, 2.05) is 48.1 Å². The predicted octanol–water partition coefficient (Wildman–Crippen LogP) is 2.25. The fourth-order valence-electron chi connectivity index (χ4n) is 1.82. The van der Waals surface area contributed by atoms with Gasteiger partial charge in [-0.15, -0.1) is 0 Å². The molecule has 3 rings (SSSR count). The van der Waals surface area contributed by atoms with Crippen LogP contribution in [0, 0.1) is 6.92 Å². The van der Waals surface area contributed by atoms with Crippen LogP contribution in [0.15, 0.2) is 55.4 Å². The summed E-state index contributed by atoms with van der Waals surface area (Å²) in [6.45, 7) is 1.98. The van der Waals surface area contributed by atoms with Crippen LogP contribution in [-0.2, 0) is 0 Å². The molecule has 18 heavy (non-hydrogen) atoms. The highest BCUT2D eigenvalue weighted by Gasteiger charge is 2.00. The summed E-state index contributed by atoms with van der Waals surface area (Å²) in [5.74, 6) is 0.977. The normalized spacial score (nSPS) is 10.5. The van der Waals surface area contributed by atoms with E-state index in [0.717, 1.165) is 17.2 Å². The fraction of sp³-hybridized carbons (Fsp3) is 0.0769. The van der Waals surface area contributed by atoms with Crippen LogP contribution in [0.5, 0.6) is 0 Å². The molecule has 0 radical (unpaired) electrons. The standard InChI is InChI=1S/C13H13N5/c1-11-15-7-9-18(11)13-4-2-12(3-5-13)16-17-8-6-14-10-17/h2-10,16H,1H3. The fourth-order valence-corrected chi connectivity index (χ4v) is 1.82. The molecule has 2 heterocycles. The van der Waals surface area contributed by atoms with Crippen LogP contribution in [0.1, 0.15) is 5.82 Å². The highest BCUT2D eigenvalue weighted by Crippen LogP contribution is 2.14. The number of rotatable bonds is 3. The van der Waals surface area contributed by atoms with E-state index in [1.165, 1.54) is 0 Å². The first kappa shape index (κ1) is 10.6. The molecule has 90 valence electrons. The average Bonchev–Trinajstić information content (AvgIpc) is 3.02. The minimum Gasteiger partial charge on any atom is -0.304 e. The maximum atomic E-state index is 4.21. The SMILES string of the molecule is Cc1nccn1-c1ccc(Nn2ccnc2)cc1. The van der Waals surface area contributed by atoms with Crippen molar-refractivity contribution in [2.75, 3.05) is 5.43 Å². The van der Waals surface area contributed by atoms with Crippen molar-refractivity contribution in [1.82, 2.24) is 19.2 Å². The van der Waals surface area contributed by atoms with Gasteiger partial charge in [0.05, 0.1) is 5.69 Å². The van der Waals surface area contributed by atoms with Crippen LogP contribution >= 0.6 is 0 Å². The number of nitrogens with zero attached hydrogens (tertiary/aromatic N) is 4. The first-order chi connectivity index (χ1) is 8.83. The van der Waals surface area contributed by atoms with Crippen molar-refractivity contribution in [3.05, 3.63) is 61.2 Å². The van der Waals surface area contributed by atoms with Gasteiger partial charge in [0.15, 0.2) is 0 Å². The Balaban J connectivity index is 1.83. The van der Waals surface area contributed by atoms with E-state index in [2.05, 4.69) is 15.4 Å². The zero-order chi connectivity index (χ0) is 12.4. The molecule has 0 bridgehead atoms. The van der Waals surface area contributed by atoms with Gasteiger partial charge < -0.3 is 4.57 Å². The minimum absolute atomic E-state index is 0.977. The van der Waals surface area contributed by atoms with Gasteiger partial charge in [-0.25, -0.2) is 9.97 Å². The lowest BCUT2D eigenvalue weighted by atomic mass is 10.3. The third-order valence-electron chi connectivity index (χ3n) is 2.73. The van der Waals surface area contributed by atoms with Gasteiger partial charge in [-0.1, -0.05) is 0 Å². The number of aryl methyl sites for hydroxylation is 1. The number of anilines is 1. The third kappa shape index (κ3) is 1.98. The summed E-state index contributed by atoms with van der Waals surface area (Å²) in [5.41, 5.74) is 5.31. The molecular formula is C13H13N5. The Kier molecular flexibility index (Phi) is 2.57. The van der Waals surface area contributed by atoms with Crippen molar-refractivity contribution >= 4 is 5.69 Å². The Hall–Kier alpha value is -2.56. The molecule has 1 aromatic carbocycles. The van der Waals surface area contributed by atoms with Crippen molar-refractivity contribution in [1.29, 1.82) is 0 Å². The van der Waals surface area contributed by atoms with Crippen LogP contribution in [0.4, 0.5) is 5.69 Å². The van der Waals surface area contributed by atoms with Crippen molar-refractivity contribution in [2.24, 2.45) is 0 Å². The summed E-state index contributed by atoms with van der Waals surface area (Å²) < 4.78 is 3.85. The van der Waals surface area contributed by atoms with E-state index >= 15 is 0 Å². The molecular weight excluding hydrogens is 226 g/mol. The summed E-state index contributed by atoms with van der Waals surface area (Å²) in [6, 6.07) is 8.14. The Morgan fingerprint density at radius 3 is 2.50 bits per heavy atom. The molecule has 2 aromatic heterocycles. The number of imidazole rings is 2. The number of hydrogen-bond acceptors (Lipinski definition) is 3. The zero-order valence-electron chi connectivity index (χ0n) is 9.99. The highest BCUT2D eigenvalue weighted by molar-refractivity contribution is 5.48. The van der Waals surface area contributed by atoms with Crippen LogP contribution in [0.2, 0.25) is 0 Å². The summed E-state index contributed by atoms with van der Waals surface area (Å²) in [7, 11) is 0. The second-order valence-electron chi connectivity index (χ2n) is 3.97. The minimum atomic E-state index is 0.977. The number of hydrogen-bond donors (Lipinski definition) is 1. The molecule has 0 unspecified atom stereocenters. The Morgan fingerprint density at radius 1 is 1.06 bits per heavy atom. The lowest BCUT2D eigenvalue weighted by Gasteiger charge is -2.09. The van der Waals surface area contributed by atoms with Gasteiger partial charge in [0.25, 0.3) is 0 Å². The van der Waals surface area contributed by atoms with Gasteiger partial charge in [0.1, 0.15) is 12.2 Å². The third-order valence-corrected chi connectivity index (χ3v) is 2.73. The first-order valence-corrected chi connectivity index (χ1v) is 5.68. The van der Waals surface area contributed by atoms with Crippen molar-refractivity contribution < 1.29 is 0 Å². The largest absolute Gasteiger partial charge is 0.304 e. The molecule has 0 atom stereocenters. The van der Waals surface area contributed by atoms with Gasteiger partial charge in [-0.3, -0.25) is 10.1 Å². The van der Waals surface area contributed by atoms with Gasteiger partial charge in [0.2, 0.25) is 0 Å². The Bertz CT molecular complexity index is 622. The summed E-state index contributed by atoms with van der Waals surface area (Å²) in [6.07, 6.45) is 9.05. The van der Waals surface area contributed by atoms with Crippen LogP contribution in [0.25, 0.3) is 5.69 Å². The van der Waals surface area contributed by atoms with Crippen molar-refractivity contribution in [2.45, 2.75) is 6.92 Å². The topological polar surface area (TPSA) is 47.7 Å². The van der Waals surface area contributed by atoms with E-state index in [1.54, 1.807) is 23.4 Å². The molecule has 0 fully saturated rings. The second-order valence-corrected chi connectivity index (χ2v) is 3.97. The molecule has 0 aliphatic rings. The van der Waals surface area contributed by atoms with Crippen LogP contribution in [0.3, 0.4) is 0 Å². The van der Waals surface area contributed by atoms with E-state index in [4.69, 9.17) is 0 Å². The maximum absolute atomic E-state index is 4.21. The molecule has 0 saturated carbocycles. The summed E-state index contributed by atoms with van der Waals surface area (Å²) >= 11 is 0. The van der Waals surface area contributed by atoms with Gasteiger partial charge in [-0.2, -0.15) is 0 Å². The van der Waals surface area contributed by atoms with Crippen molar-refractivity contribution in [3.63, 3.8) is 0 Å². The molecule has 0 aliphatic carbocycles. The molecule has 0 spiro atoms. The smallest absolute Gasteiger partial charge is 0.114 e. The van der Waals surface area contributed by atoms with Gasteiger partial charge in [-0.05, 0) is 31.2 Å². The monoisotopic (exact) mass is 239 g/mol. The van der Waals surface area contributed by atoms with Crippen LogP contribution < -0.4 is 5.43 Å². The van der Waals surface area contributed by atoms with Gasteiger partial charge in [0, 0.05) is 30.5 Å². The maximum Gasteiger partial charge on any atom is 0.114 e. The summed E-state index contributed by atoms with van der Waals surface area (Å²) in [4.78, 5) is 8.19. The number of nitrogens with one attached hydrogen (secondary N) is 1. The average molecular weight is 239 g/mol. The van der Waals surface area contributed by atoms with E-state index in [-0.39, 0.29) is 0 Å². The second kappa shape index (κ2) is 4.37. The molecule has 5 heteroatoms. The highest BCUT2D eigenvalue weighted by atomic mass is 15.4. The van der Waals surface area contributed by atoms with Crippen LogP contribution in [-0.4, -0.2) is 19.2 Å². The molecule has 0 aliphatic heterocycles. The van der Waals surface area contributed by atoms with Gasteiger partial charge >= 0.3 is 0 Å². The van der Waals surface area contributed by atoms with E-state index in [0.29, 0.717) is 0 Å². The first-order valence-electron chi connectivity index (χ1n) is 5.68. The lowest BCUT2D eigenvalue weighted by Crippen LogP contribution is -2.05. The lowest BCUT2D eigenvalue weighted by molar-refractivity contribution is 0.950. The zero-order valence-corrected chi connectivity index (χ0v) is 9.99. The van der Waals surface area contributed by atoms with Crippen molar-refractivity contribution in [3.8, 4) is 5.69 Å². The molecule has 0 saturated heterocycles. The Labute approximate surface area is 105 Å². The molecule has 0 amide bonds. The summed E-state index contributed by atoms with van der Waals surface area (Å²) in [5, 5.41) is 0. The van der Waals surface area contributed by atoms with E-state index < -0.39 is 0 Å². The molecule has 1 N–H and O–H groups in total. The molecule has 3 aromatic rings. The Morgan fingerprint density at radius 2 is 1.89 bits per heavy atom. The number of aromatic nitrogens is 4. The van der Waals surface area contributed by atoms with E-state index in [9.17, 15) is 0 Å². The number of benzene rings is 1. The quantitative estimate of drug-likeness (QED) is 0.762.